The Kier molecular flexibility index (Phi) is 5.42. The first-order valence-corrected chi connectivity index (χ1v) is 7.44. The Labute approximate surface area is 125 Å². The summed E-state index contributed by atoms with van der Waals surface area (Å²) in [5.74, 6) is 1.28. The van der Waals surface area contributed by atoms with E-state index in [1.54, 1.807) is 6.20 Å². The van der Waals surface area contributed by atoms with E-state index in [1.807, 2.05) is 30.3 Å². The number of ether oxygens (including phenoxy) is 1. The third kappa shape index (κ3) is 3.73. The second-order valence-electron chi connectivity index (χ2n) is 4.81. The Morgan fingerprint density at radius 3 is 2.55 bits per heavy atom. The van der Waals surface area contributed by atoms with Crippen molar-refractivity contribution in [2.24, 2.45) is 0 Å². The zero-order chi connectivity index (χ0) is 14.4. The minimum absolute atomic E-state index is 0.435. The molecule has 0 N–H and O–H groups in total. The summed E-state index contributed by atoms with van der Waals surface area (Å²) < 4.78 is 5.73. The van der Waals surface area contributed by atoms with E-state index in [-0.39, 0.29) is 0 Å². The average Bonchev–Trinajstić information content (AvgIpc) is 2.49. The molecule has 2 aromatic rings. The van der Waals surface area contributed by atoms with Crippen LogP contribution >= 0.6 is 11.6 Å². The molecule has 2 nitrogen and oxygen atoms in total. The van der Waals surface area contributed by atoms with Gasteiger partial charge < -0.3 is 4.74 Å². The van der Waals surface area contributed by atoms with Gasteiger partial charge in [0.2, 0.25) is 0 Å². The van der Waals surface area contributed by atoms with Gasteiger partial charge in [0.25, 0.3) is 0 Å². The Bertz CT molecular complexity index is 538. The molecule has 0 bridgehead atoms. The number of aromatic nitrogens is 1. The van der Waals surface area contributed by atoms with Gasteiger partial charge in [0.1, 0.15) is 12.4 Å². The predicted octanol–water partition coefficient (Wildman–Crippen LogP) is 5.22. The van der Waals surface area contributed by atoms with Gasteiger partial charge in [-0.2, -0.15) is 0 Å². The van der Waals surface area contributed by atoms with Crippen LogP contribution in [0, 0.1) is 0 Å². The van der Waals surface area contributed by atoms with E-state index >= 15 is 0 Å². The van der Waals surface area contributed by atoms with E-state index < -0.39 is 0 Å². The molecule has 0 fully saturated rings. The predicted molar refractivity (Wildman–Crippen MR) is 83.3 cm³/mol. The number of pyridine rings is 1. The van der Waals surface area contributed by atoms with Crippen LogP contribution in [-0.4, -0.2) is 4.98 Å². The van der Waals surface area contributed by atoms with Crippen molar-refractivity contribution in [3.63, 3.8) is 0 Å². The lowest BCUT2D eigenvalue weighted by Gasteiger charge is -2.15. The Morgan fingerprint density at radius 2 is 1.95 bits per heavy atom. The van der Waals surface area contributed by atoms with Gasteiger partial charge in [0.15, 0.2) is 0 Å². The second kappa shape index (κ2) is 7.30. The molecule has 20 heavy (non-hydrogen) atoms. The van der Waals surface area contributed by atoms with Crippen molar-refractivity contribution < 1.29 is 4.74 Å². The SMILES string of the molecule is CCC(CC)c1ccc(OCc2ccccn2)c(Cl)c1. The summed E-state index contributed by atoms with van der Waals surface area (Å²) in [6.45, 7) is 4.84. The number of nitrogens with zero attached hydrogens (tertiary/aromatic N) is 1. The van der Waals surface area contributed by atoms with Crippen LogP contribution in [0.5, 0.6) is 5.75 Å². The standard InChI is InChI=1S/C17H20ClNO/c1-3-13(4-2)14-8-9-17(16(18)11-14)20-12-15-7-5-6-10-19-15/h5-11,13H,3-4,12H2,1-2H3. The Hall–Kier alpha value is -1.54. The fourth-order valence-electron chi connectivity index (χ4n) is 2.28. The molecule has 2 rings (SSSR count). The molecule has 0 saturated heterocycles. The van der Waals surface area contributed by atoms with Crippen LogP contribution in [0.15, 0.2) is 42.6 Å². The van der Waals surface area contributed by atoms with Crippen LogP contribution in [0.1, 0.15) is 43.9 Å². The summed E-state index contributed by atoms with van der Waals surface area (Å²) >= 11 is 6.31. The molecule has 0 unspecified atom stereocenters. The number of rotatable bonds is 6. The topological polar surface area (TPSA) is 22.1 Å². The highest BCUT2D eigenvalue weighted by atomic mass is 35.5. The maximum absolute atomic E-state index is 6.31. The molecule has 1 aromatic carbocycles. The molecule has 1 heterocycles. The van der Waals surface area contributed by atoms with Crippen LogP contribution < -0.4 is 4.74 Å². The van der Waals surface area contributed by atoms with Crippen molar-refractivity contribution in [3.05, 3.63) is 58.9 Å². The van der Waals surface area contributed by atoms with Gasteiger partial charge in [-0.1, -0.05) is 37.6 Å². The van der Waals surface area contributed by atoms with E-state index in [0.29, 0.717) is 23.3 Å². The number of halogens is 1. The van der Waals surface area contributed by atoms with Crippen molar-refractivity contribution >= 4 is 11.6 Å². The quantitative estimate of drug-likeness (QED) is 0.727. The highest BCUT2D eigenvalue weighted by Gasteiger charge is 2.10. The lowest BCUT2D eigenvalue weighted by atomic mass is 9.94. The van der Waals surface area contributed by atoms with Crippen molar-refractivity contribution in [2.75, 3.05) is 0 Å². The van der Waals surface area contributed by atoms with Crippen LogP contribution in [0.3, 0.4) is 0 Å². The molecule has 3 heteroatoms. The van der Waals surface area contributed by atoms with Crippen molar-refractivity contribution in [3.8, 4) is 5.75 Å². The average molecular weight is 290 g/mol. The highest BCUT2D eigenvalue weighted by molar-refractivity contribution is 6.32. The fourth-order valence-corrected chi connectivity index (χ4v) is 2.53. The first-order valence-electron chi connectivity index (χ1n) is 7.06. The van der Waals surface area contributed by atoms with Gasteiger partial charge in [-0.3, -0.25) is 4.98 Å². The molecular formula is C17H20ClNO. The van der Waals surface area contributed by atoms with Crippen LogP contribution in [0.2, 0.25) is 5.02 Å². The van der Waals surface area contributed by atoms with Gasteiger partial charge >= 0.3 is 0 Å². The molecule has 0 atom stereocenters. The smallest absolute Gasteiger partial charge is 0.138 e. The zero-order valence-corrected chi connectivity index (χ0v) is 12.7. The lowest BCUT2D eigenvalue weighted by molar-refractivity contribution is 0.301. The molecule has 0 aliphatic heterocycles. The maximum atomic E-state index is 6.31. The molecule has 0 aliphatic carbocycles. The second-order valence-corrected chi connectivity index (χ2v) is 5.22. The highest BCUT2D eigenvalue weighted by Crippen LogP contribution is 2.31. The lowest BCUT2D eigenvalue weighted by Crippen LogP contribution is -2.00. The molecule has 0 aliphatic rings. The van der Waals surface area contributed by atoms with Gasteiger partial charge in [0.05, 0.1) is 10.7 Å². The monoisotopic (exact) mass is 289 g/mol. The van der Waals surface area contributed by atoms with Crippen LogP contribution in [-0.2, 0) is 6.61 Å². The number of benzene rings is 1. The van der Waals surface area contributed by atoms with Crippen molar-refractivity contribution in [1.29, 1.82) is 0 Å². The Morgan fingerprint density at radius 1 is 1.15 bits per heavy atom. The van der Waals surface area contributed by atoms with Crippen molar-refractivity contribution in [2.45, 2.75) is 39.2 Å². The molecule has 1 aromatic heterocycles. The fraction of sp³-hybridized carbons (Fsp3) is 0.353. The summed E-state index contributed by atoms with van der Waals surface area (Å²) in [7, 11) is 0. The molecule has 0 spiro atoms. The van der Waals surface area contributed by atoms with E-state index in [2.05, 4.69) is 24.9 Å². The summed E-state index contributed by atoms with van der Waals surface area (Å²) in [5, 5.41) is 0.672. The van der Waals surface area contributed by atoms with E-state index in [4.69, 9.17) is 16.3 Å². The summed E-state index contributed by atoms with van der Waals surface area (Å²) in [6, 6.07) is 11.9. The molecule has 0 amide bonds. The zero-order valence-electron chi connectivity index (χ0n) is 12.0. The van der Waals surface area contributed by atoms with Gasteiger partial charge in [-0.15, -0.1) is 0 Å². The first kappa shape index (κ1) is 14.9. The van der Waals surface area contributed by atoms with Gasteiger partial charge in [-0.05, 0) is 48.6 Å². The maximum Gasteiger partial charge on any atom is 0.138 e. The molecule has 106 valence electrons. The summed E-state index contributed by atoms with van der Waals surface area (Å²) in [6.07, 6.45) is 4.01. The van der Waals surface area contributed by atoms with E-state index in [1.165, 1.54) is 5.56 Å². The Balaban J connectivity index is 2.06. The molecule has 0 saturated carbocycles. The van der Waals surface area contributed by atoms with E-state index in [0.717, 1.165) is 18.5 Å². The molecular weight excluding hydrogens is 270 g/mol. The van der Waals surface area contributed by atoms with Crippen LogP contribution in [0.4, 0.5) is 0 Å². The van der Waals surface area contributed by atoms with E-state index in [9.17, 15) is 0 Å². The first-order chi connectivity index (χ1) is 9.74. The van der Waals surface area contributed by atoms with Gasteiger partial charge in [0, 0.05) is 6.20 Å². The summed E-state index contributed by atoms with van der Waals surface area (Å²) in [5.41, 5.74) is 2.18. The molecule has 0 radical (unpaired) electrons. The number of hydrogen-bond donors (Lipinski definition) is 0. The normalized spacial score (nSPS) is 10.8. The third-order valence-electron chi connectivity index (χ3n) is 3.51. The van der Waals surface area contributed by atoms with Crippen molar-refractivity contribution in [1.82, 2.24) is 4.98 Å². The number of hydrogen-bond acceptors (Lipinski definition) is 2. The van der Waals surface area contributed by atoms with Crippen LogP contribution in [0.25, 0.3) is 0 Å². The minimum Gasteiger partial charge on any atom is -0.486 e. The largest absolute Gasteiger partial charge is 0.486 e. The summed E-state index contributed by atoms with van der Waals surface area (Å²) in [4.78, 5) is 4.23. The third-order valence-corrected chi connectivity index (χ3v) is 3.81. The minimum atomic E-state index is 0.435. The van der Waals surface area contributed by atoms with Gasteiger partial charge in [-0.25, -0.2) is 0 Å².